The van der Waals surface area contributed by atoms with E-state index in [1.165, 1.54) is 6.07 Å². The molecule has 1 N–H and O–H groups in total. The molecule has 0 spiro atoms. The van der Waals surface area contributed by atoms with Gasteiger partial charge in [-0.05, 0) is 39.2 Å². The van der Waals surface area contributed by atoms with E-state index in [1.807, 2.05) is 6.92 Å². The van der Waals surface area contributed by atoms with Gasteiger partial charge in [-0.15, -0.1) is 0 Å². The van der Waals surface area contributed by atoms with E-state index in [-0.39, 0.29) is 17.8 Å². The number of benzene rings is 1. The van der Waals surface area contributed by atoms with Crippen molar-refractivity contribution < 1.29 is 9.72 Å². The number of aryl methyl sites for hydroxylation is 1. The molecule has 6 nitrogen and oxygen atoms in total. The molecule has 1 fully saturated rings. The van der Waals surface area contributed by atoms with Crippen LogP contribution in [-0.4, -0.2) is 28.4 Å². The second-order valence-corrected chi connectivity index (χ2v) is 5.23. The third kappa shape index (κ3) is 3.07. The number of nitrogens with one attached hydrogen (secondary N) is 1. The first-order valence-electron chi connectivity index (χ1n) is 6.81. The third-order valence-corrected chi connectivity index (χ3v) is 3.72. The second kappa shape index (κ2) is 5.90. The van der Waals surface area contributed by atoms with E-state index >= 15 is 0 Å². The van der Waals surface area contributed by atoms with E-state index in [1.54, 1.807) is 24.0 Å². The summed E-state index contributed by atoms with van der Waals surface area (Å²) in [5.41, 5.74) is 1.07. The predicted octanol–water partition coefficient (Wildman–Crippen LogP) is 3.31. The Bertz CT molecular complexity index is 530. The lowest BCUT2D eigenvalue weighted by Crippen LogP contribution is -2.44. The molecule has 1 aliphatic rings. The van der Waals surface area contributed by atoms with Gasteiger partial charge in [0.15, 0.2) is 0 Å². The van der Waals surface area contributed by atoms with Crippen LogP contribution in [0.4, 0.5) is 16.2 Å². The van der Waals surface area contributed by atoms with Gasteiger partial charge in [-0.1, -0.05) is 6.07 Å². The Morgan fingerprint density at radius 2 is 2.20 bits per heavy atom. The molecule has 0 unspecified atom stereocenters. The van der Waals surface area contributed by atoms with Crippen molar-refractivity contribution in [2.24, 2.45) is 0 Å². The zero-order chi connectivity index (χ0) is 14.7. The Morgan fingerprint density at radius 1 is 1.45 bits per heavy atom. The van der Waals surface area contributed by atoms with E-state index < -0.39 is 4.92 Å². The standard InChI is InChI=1S/C14H19N3O3/c1-10-6-7-12(9-13(10)17(19)20)15-14(18)16-8-4-3-5-11(16)2/h6-7,9,11H,3-5,8H2,1-2H3,(H,15,18)/t11-/m1/s1. The summed E-state index contributed by atoms with van der Waals surface area (Å²) in [5.74, 6) is 0. The summed E-state index contributed by atoms with van der Waals surface area (Å²) in [7, 11) is 0. The molecule has 1 aromatic carbocycles. The highest BCUT2D eigenvalue weighted by atomic mass is 16.6. The fraction of sp³-hybridized carbons (Fsp3) is 0.500. The average molecular weight is 277 g/mol. The molecule has 0 aliphatic carbocycles. The Morgan fingerprint density at radius 3 is 2.85 bits per heavy atom. The molecular formula is C14H19N3O3. The number of hydrogen-bond acceptors (Lipinski definition) is 3. The number of rotatable bonds is 2. The molecule has 2 rings (SSSR count). The van der Waals surface area contributed by atoms with E-state index in [4.69, 9.17) is 0 Å². The number of nitro benzene ring substituents is 1. The van der Waals surface area contributed by atoms with Gasteiger partial charge < -0.3 is 10.2 Å². The summed E-state index contributed by atoms with van der Waals surface area (Å²) < 4.78 is 0. The number of carbonyl (C=O) groups is 1. The summed E-state index contributed by atoms with van der Waals surface area (Å²) in [6, 6.07) is 4.77. The minimum absolute atomic E-state index is 0.0227. The van der Waals surface area contributed by atoms with Crippen LogP contribution in [-0.2, 0) is 0 Å². The summed E-state index contributed by atoms with van der Waals surface area (Å²) >= 11 is 0. The number of hydrogen-bond donors (Lipinski definition) is 1. The molecule has 0 aromatic heterocycles. The van der Waals surface area contributed by atoms with Crippen molar-refractivity contribution in [1.82, 2.24) is 4.90 Å². The smallest absolute Gasteiger partial charge is 0.322 e. The van der Waals surface area contributed by atoms with Gasteiger partial charge in [0.25, 0.3) is 5.69 Å². The highest BCUT2D eigenvalue weighted by Gasteiger charge is 2.23. The molecule has 1 atom stereocenters. The lowest BCUT2D eigenvalue weighted by molar-refractivity contribution is -0.385. The van der Waals surface area contributed by atoms with Crippen molar-refractivity contribution in [3.05, 3.63) is 33.9 Å². The molecular weight excluding hydrogens is 258 g/mol. The van der Waals surface area contributed by atoms with Gasteiger partial charge in [-0.2, -0.15) is 0 Å². The highest BCUT2D eigenvalue weighted by Crippen LogP contribution is 2.23. The van der Waals surface area contributed by atoms with E-state index in [0.29, 0.717) is 11.3 Å². The van der Waals surface area contributed by atoms with Crippen LogP contribution in [0.25, 0.3) is 0 Å². The Hall–Kier alpha value is -2.11. The fourth-order valence-corrected chi connectivity index (χ4v) is 2.48. The normalized spacial score (nSPS) is 18.7. The van der Waals surface area contributed by atoms with Gasteiger partial charge in [-0.3, -0.25) is 10.1 Å². The first kappa shape index (κ1) is 14.3. The minimum atomic E-state index is -0.436. The lowest BCUT2D eigenvalue weighted by Gasteiger charge is -2.33. The van der Waals surface area contributed by atoms with Crippen LogP contribution in [0.2, 0.25) is 0 Å². The van der Waals surface area contributed by atoms with Crippen LogP contribution in [0.3, 0.4) is 0 Å². The second-order valence-electron chi connectivity index (χ2n) is 5.23. The largest absolute Gasteiger partial charge is 0.322 e. The maximum Gasteiger partial charge on any atom is 0.322 e. The van der Waals surface area contributed by atoms with Gasteiger partial charge in [-0.25, -0.2) is 4.79 Å². The van der Waals surface area contributed by atoms with E-state index in [9.17, 15) is 14.9 Å². The number of nitrogens with zero attached hydrogens (tertiary/aromatic N) is 2. The van der Waals surface area contributed by atoms with Crippen molar-refractivity contribution in [2.45, 2.75) is 39.2 Å². The highest BCUT2D eigenvalue weighted by molar-refractivity contribution is 5.90. The van der Waals surface area contributed by atoms with Crippen molar-refractivity contribution in [3.63, 3.8) is 0 Å². The first-order chi connectivity index (χ1) is 9.49. The van der Waals surface area contributed by atoms with Crippen LogP contribution in [0.15, 0.2) is 18.2 Å². The molecule has 0 radical (unpaired) electrons. The zero-order valence-corrected chi connectivity index (χ0v) is 11.8. The van der Waals surface area contributed by atoms with Gasteiger partial charge in [0.1, 0.15) is 0 Å². The number of likely N-dealkylation sites (tertiary alicyclic amines) is 1. The fourth-order valence-electron chi connectivity index (χ4n) is 2.48. The molecule has 1 heterocycles. The average Bonchev–Trinajstić information content (AvgIpc) is 2.41. The number of urea groups is 1. The first-order valence-corrected chi connectivity index (χ1v) is 6.81. The molecule has 0 saturated carbocycles. The molecule has 0 bridgehead atoms. The van der Waals surface area contributed by atoms with Crippen molar-refractivity contribution >= 4 is 17.4 Å². The number of amides is 2. The lowest BCUT2D eigenvalue weighted by atomic mass is 10.0. The topological polar surface area (TPSA) is 75.5 Å². The summed E-state index contributed by atoms with van der Waals surface area (Å²) in [6.45, 7) is 4.44. The molecule has 2 amide bonds. The summed E-state index contributed by atoms with van der Waals surface area (Å²) in [5, 5.41) is 13.6. The van der Waals surface area contributed by atoms with Crippen LogP contribution < -0.4 is 5.32 Å². The predicted molar refractivity (Wildman–Crippen MR) is 76.9 cm³/mol. The minimum Gasteiger partial charge on any atom is -0.322 e. The zero-order valence-electron chi connectivity index (χ0n) is 11.8. The van der Waals surface area contributed by atoms with Gasteiger partial charge >= 0.3 is 6.03 Å². The van der Waals surface area contributed by atoms with Gasteiger partial charge in [0.05, 0.1) is 4.92 Å². The van der Waals surface area contributed by atoms with Crippen LogP contribution in [0.5, 0.6) is 0 Å². The Balaban J connectivity index is 2.11. The number of nitro groups is 1. The van der Waals surface area contributed by atoms with Gasteiger partial charge in [0, 0.05) is 29.9 Å². The third-order valence-electron chi connectivity index (χ3n) is 3.72. The van der Waals surface area contributed by atoms with Crippen molar-refractivity contribution in [2.75, 3.05) is 11.9 Å². The van der Waals surface area contributed by atoms with E-state index in [0.717, 1.165) is 25.8 Å². The summed E-state index contributed by atoms with van der Waals surface area (Å²) in [6.07, 6.45) is 3.15. The van der Waals surface area contributed by atoms with Crippen LogP contribution >= 0.6 is 0 Å². The molecule has 6 heteroatoms. The SMILES string of the molecule is Cc1ccc(NC(=O)N2CCCC[C@H]2C)cc1[N+](=O)[O-]. The number of piperidine rings is 1. The van der Waals surface area contributed by atoms with Gasteiger partial charge in [0.2, 0.25) is 0 Å². The number of anilines is 1. The Kier molecular flexibility index (Phi) is 4.22. The van der Waals surface area contributed by atoms with E-state index in [2.05, 4.69) is 5.32 Å². The molecule has 1 aromatic rings. The molecule has 1 saturated heterocycles. The molecule has 108 valence electrons. The molecule has 1 aliphatic heterocycles. The van der Waals surface area contributed by atoms with Crippen LogP contribution in [0.1, 0.15) is 31.7 Å². The monoisotopic (exact) mass is 277 g/mol. The van der Waals surface area contributed by atoms with Crippen LogP contribution in [0, 0.1) is 17.0 Å². The van der Waals surface area contributed by atoms with Crippen molar-refractivity contribution in [1.29, 1.82) is 0 Å². The Labute approximate surface area is 117 Å². The summed E-state index contributed by atoms with van der Waals surface area (Å²) in [4.78, 5) is 24.4. The number of carbonyl (C=O) groups excluding carboxylic acids is 1. The maximum absolute atomic E-state index is 12.2. The maximum atomic E-state index is 12.2. The van der Waals surface area contributed by atoms with Crippen molar-refractivity contribution in [3.8, 4) is 0 Å². The molecule has 20 heavy (non-hydrogen) atoms. The quantitative estimate of drug-likeness (QED) is 0.665.